The summed E-state index contributed by atoms with van der Waals surface area (Å²) in [5.41, 5.74) is 0.0846. The summed E-state index contributed by atoms with van der Waals surface area (Å²) in [5, 5.41) is 16.2. The number of ether oxygens (including phenoxy) is 1. The molecule has 0 aromatic carbocycles. The number of carbonyl (C=O) groups excluding carboxylic acids is 3. The number of esters is 1. The Balaban J connectivity index is 2.64. The van der Waals surface area contributed by atoms with Crippen LogP contribution < -0.4 is 5.32 Å². The summed E-state index contributed by atoms with van der Waals surface area (Å²) in [6, 6.07) is -1.22. The highest BCUT2D eigenvalue weighted by atomic mass is 16.5. The maximum absolute atomic E-state index is 11.9. The minimum atomic E-state index is -1.26. The Morgan fingerprint density at radius 1 is 1.43 bits per heavy atom. The van der Waals surface area contributed by atoms with Gasteiger partial charge in [-0.2, -0.15) is 5.10 Å². The van der Waals surface area contributed by atoms with E-state index in [1.54, 1.807) is 0 Å². The van der Waals surface area contributed by atoms with Gasteiger partial charge < -0.3 is 15.2 Å². The van der Waals surface area contributed by atoms with E-state index in [9.17, 15) is 19.2 Å². The van der Waals surface area contributed by atoms with E-state index in [2.05, 4.69) is 15.2 Å². The van der Waals surface area contributed by atoms with Crippen molar-refractivity contribution >= 4 is 29.5 Å². The maximum Gasteiger partial charge on any atom is 0.326 e. The molecule has 0 bridgehead atoms. The van der Waals surface area contributed by atoms with Gasteiger partial charge in [-0.25, -0.2) is 9.80 Å². The van der Waals surface area contributed by atoms with Gasteiger partial charge in [0.2, 0.25) is 5.91 Å². The number of carboxylic acid groups (broad SMARTS) is 1. The summed E-state index contributed by atoms with van der Waals surface area (Å²) in [5.74, 6) is -2.69. The van der Waals surface area contributed by atoms with Crippen molar-refractivity contribution in [1.82, 2.24) is 10.3 Å². The van der Waals surface area contributed by atoms with Crippen LogP contribution >= 0.6 is 0 Å². The monoisotopic (exact) mass is 299 g/mol. The zero-order valence-electron chi connectivity index (χ0n) is 11.8. The summed E-state index contributed by atoms with van der Waals surface area (Å²) >= 11 is 0. The predicted octanol–water partition coefficient (Wildman–Crippen LogP) is -0.883. The van der Waals surface area contributed by atoms with Crippen LogP contribution in [0, 0.1) is 0 Å². The third kappa shape index (κ3) is 4.86. The van der Waals surface area contributed by atoms with Gasteiger partial charge in [0.15, 0.2) is 0 Å². The van der Waals surface area contributed by atoms with Gasteiger partial charge in [0.1, 0.15) is 11.8 Å². The first kappa shape index (κ1) is 16.6. The lowest BCUT2D eigenvalue weighted by Gasteiger charge is -2.20. The van der Waals surface area contributed by atoms with Crippen LogP contribution in [-0.2, 0) is 23.9 Å². The van der Waals surface area contributed by atoms with Crippen molar-refractivity contribution in [3.8, 4) is 0 Å². The molecular formula is C12H17N3O6. The number of nitrogens with one attached hydrogen (secondary N) is 1. The summed E-state index contributed by atoms with van der Waals surface area (Å²) in [4.78, 5) is 45.2. The first-order valence-corrected chi connectivity index (χ1v) is 6.29. The quantitative estimate of drug-likeness (QED) is 0.613. The molecule has 116 valence electrons. The zero-order chi connectivity index (χ0) is 16.0. The van der Waals surface area contributed by atoms with E-state index >= 15 is 0 Å². The summed E-state index contributed by atoms with van der Waals surface area (Å²) in [6.45, 7) is 0. The summed E-state index contributed by atoms with van der Waals surface area (Å²) in [7, 11) is 2.61. The average molecular weight is 299 g/mol. The standard InChI is InChI=1S/C12H17N3O6/c1-15-9(16)5-3-7(14-15)11(18)13-8(12(19)20)4-6-10(17)21-2/h8H,3-6H2,1-2H3,(H,13,18)(H,19,20)/t8-/m1/s1. The van der Waals surface area contributed by atoms with Gasteiger partial charge in [0, 0.05) is 26.3 Å². The van der Waals surface area contributed by atoms with Crippen molar-refractivity contribution in [2.24, 2.45) is 5.10 Å². The molecule has 0 radical (unpaired) electrons. The third-order valence-corrected chi connectivity index (χ3v) is 2.94. The van der Waals surface area contributed by atoms with Gasteiger partial charge in [0.25, 0.3) is 5.91 Å². The number of amides is 2. The number of methoxy groups -OCH3 is 1. The minimum Gasteiger partial charge on any atom is -0.480 e. The lowest BCUT2D eigenvalue weighted by Crippen LogP contribution is -2.46. The molecule has 0 fully saturated rings. The first-order valence-electron chi connectivity index (χ1n) is 6.29. The van der Waals surface area contributed by atoms with Gasteiger partial charge in [-0.1, -0.05) is 0 Å². The molecule has 21 heavy (non-hydrogen) atoms. The molecule has 1 aliphatic heterocycles. The van der Waals surface area contributed by atoms with E-state index in [-0.39, 0.29) is 37.3 Å². The van der Waals surface area contributed by atoms with Gasteiger partial charge >= 0.3 is 11.9 Å². The minimum absolute atomic E-state index is 0.0846. The van der Waals surface area contributed by atoms with E-state index in [4.69, 9.17) is 5.11 Å². The van der Waals surface area contributed by atoms with Crippen LogP contribution in [-0.4, -0.2) is 59.8 Å². The van der Waals surface area contributed by atoms with Crippen molar-refractivity contribution in [1.29, 1.82) is 0 Å². The Kier molecular flexibility index (Phi) is 5.82. The Morgan fingerprint density at radius 3 is 2.62 bits per heavy atom. The smallest absolute Gasteiger partial charge is 0.326 e. The molecule has 0 aliphatic carbocycles. The molecule has 2 N–H and O–H groups in total. The molecule has 1 rings (SSSR count). The van der Waals surface area contributed by atoms with Crippen molar-refractivity contribution in [2.45, 2.75) is 31.7 Å². The van der Waals surface area contributed by atoms with E-state index < -0.39 is 23.9 Å². The number of hydrogen-bond donors (Lipinski definition) is 2. The third-order valence-electron chi connectivity index (χ3n) is 2.94. The van der Waals surface area contributed by atoms with Crippen LogP contribution in [0.3, 0.4) is 0 Å². The highest BCUT2D eigenvalue weighted by molar-refractivity contribution is 6.39. The Labute approximate surface area is 120 Å². The van der Waals surface area contributed by atoms with Crippen LogP contribution in [0.1, 0.15) is 25.7 Å². The molecule has 2 amide bonds. The van der Waals surface area contributed by atoms with Crippen LogP contribution in [0.25, 0.3) is 0 Å². The fourth-order valence-electron chi connectivity index (χ4n) is 1.70. The van der Waals surface area contributed by atoms with Crippen molar-refractivity contribution < 1.29 is 29.0 Å². The number of carbonyl (C=O) groups is 4. The predicted molar refractivity (Wildman–Crippen MR) is 70.3 cm³/mol. The Morgan fingerprint density at radius 2 is 2.10 bits per heavy atom. The second kappa shape index (κ2) is 7.36. The molecule has 9 heteroatoms. The van der Waals surface area contributed by atoms with Gasteiger partial charge in [-0.05, 0) is 6.42 Å². The highest BCUT2D eigenvalue weighted by Crippen LogP contribution is 2.08. The number of nitrogens with zero attached hydrogens (tertiary/aromatic N) is 2. The van der Waals surface area contributed by atoms with Crippen LogP contribution in [0.5, 0.6) is 0 Å². The maximum atomic E-state index is 11.9. The lowest BCUT2D eigenvalue weighted by molar-refractivity contribution is -0.143. The average Bonchev–Trinajstić information content (AvgIpc) is 2.45. The molecule has 0 saturated heterocycles. The van der Waals surface area contributed by atoms with Crippen LogP contribution in [0.2, 0.25) is 0 Å². The Hall–Kier alpha value is -2.45. The molecule has 0 unspecified atom stereocenters. The summed E-state index contributed by atoms with van der Waals surface area (Å²) < 4.78 is 4.42. The van der Waals surface area contributed by atoms with Gasteiger partial charge in [0.05, 0.1) is 7.11 Å². The molecular weight excluding hydrogens is 282 g/mol. The zero-order valence-corrected chi connectivity index (χ0v) is 11.8. The second-order valence-electron chi connectivity index (χ2n) is 4.44. The normalized spacial score (nSPS) is 16.0. The summed E-state index contributed by atoms with van der Waals surface area (Å²) in [6.07, 6.45) is 0.0788. The van der Waals surface area contributed by atoms with E-state index in [0.717, 1.165) is 5.01 Å². The molecule has 1 heterocycles. The molecule has 1 atom stereocenters. The topological polar surface area (TPSA) is 125 Å². The highest BCUT2D eigenvalue weighted by Gasteiger charge is 2.26. The van der Waals surface area contributed by atoms with E-state index in [1.807, 2.05) is 0 Å². The number of carboxylic acids is 1. The molecule has 9 nitrogen and oxygen atoms in total. The second-order valence-corrected chi connectivity index (χ2v) is 4.44. The fraction of sp³-hybridized carbons (Fsp3) is 0.583. The molecule has 0 spiro atoms. The fourth-order valence-corrected chi connectivity index (χ4v) is 1.70. The SMILES string of the molecule is COC(=O)CC[C@@H](NC(=O)C1=NN(C)C(=O)CC1)C(=O)O. The van der Waals surface area contributed by atoms with Crippen molar-refractivity contribution in [2.75, 3.05) is 14.2 Å². The number of aliphatic carboxylic acids is 1. The van der Waals surface area contributed by atoms with Crippen molar-refractivity contribution in [3.05, 3.63) is 0 Å². The number of rotatable bonds is 6. The van der Waals surface area contributed by atoms with Crippen LogP contribution in [0.4, 0.5) is 0 Å². The lowest BCUT2D eigenvalue weighted by atomic mass is 10.1. The van der Waals surface area contributed by atoms with Crippen molar-refractivity contribution in [3.63, 3.8) is 0 Å². The molecule has 0 saturated carbocycles. The molecule has 0 aromatic heterocycles. The van der Waals surface area contributed by atoms with Crippen LogP contribution in [0.15, 0.2) is 5.10 Å². The molecule has 1 aliphatic rings. The largest absolute Gasteiger partial charge is 0.480 e. The first-order chi connectivity index (χ1) is 9.85. The number of hydrogen-bond acceptors (Lipinski definition) is 6. The van der Waals surface area contributed by atoms with E-state index in [1.165, 1.54) is 14.2 Å². The Bertz CT molecular complexity index is 487. The number of hydrazone groups is 1. The molecule has 0 aromatic rings. The van der Waals surface area contributed by atoms with E-state index in [0.29, 0.717) is 0 Å². The van der Waals surface area contributed by atoms with Gasteiger partial charge in [-0.3, -0.25) is 14.4 Å². The van der Waals surface area contributed by atoms with Gasteiger partial charge in [-0.15, -0.1) is 0 Å².